The van der Waals surface area contributed by atoms with Crippen LogP contribution in [0.15, 0.2) is 24.3 Å². The molecule has 2 atom stereocenters. The second kappa shape index (κ2) is 7.77. The number of ether oxygens (including phenoxy) is 1. The van der Waals surface area contributed by atoms with Crippen LogP contribution in [-0.4, -0.2) is 32.3 Å². The number of rotatable bonds is 2. The van der Waals surface area contributed by atoms with Gasteiger partial charge < -0.3 is 15.0 Å². The summed E-state index contributed by atoms with van der Waals surface area (Å²) >= 11 is 5.85. The monoisotopic (exact) mass is 418 g/mol. The van der Waals surface area contributed by atoms with Gasteiger partial charge in [-0.15, -0.1) is 0 Å². The van der Waals surface area contributed by atoms with Gasteiger partial charge >= 0.3 is 0 Å². The normalized spacial score (nSPS) is 23.9. The smallest absolute Gasteiger partial charge is 0.146 e. The summed E-state index contributed by atoms with van der Waals surface area (Å²) in [6.45, 7) is 3.64. The fraction of sp³-hybridized carbons (Fsp3) is 0.478. The lowest BCUT2D eigenvalue weighted by Crippen LogP contribution is -2.37. The molecule has 0 saturated carbocycles. The summed E-state index contributed by atoms with van der Waals surface area (Å²) in [5, 5.41) is 3.50. The number of hydrogen-bond donors (Lipinski definition) is 1. The molecule has 0 amide bonds. The first-order chi connectivity index (χ1) is 14.1. The van der Waals surface area contributed by atoms with E-state index in [9.17, 15) is 8.78 Å². The van der Waals surface area contributed by atoms with Gasteiger partial charge in [-0.25, -0.2) is 8.78 Å². The number of halogens is 3. The Hall–Kier alpha value is -1.85. The minimum Gasteiger partial charge on any atom is -0.487 e. The van der Waals surface area contributed by atoms with Crippen LogP contribution >= 0.6 is 11.6 Å². The molecule has 3 aliphatic rings. The number of nitrogens with zero attached hydrogens (tertiary/aromatic N) is 1. The van der Waals surface area contributed by atoms with Crippen LogP contribution in [0, 0.1) is 11.6 Å². The molecule has 3 nitrogen and oxygen atoms in total. The summed E-state index contributed by atoms with van der Waals surface area (Å²) in [5.74, 6) is -0.144. The van der Waals surface area contributed by atoms with Crippen molar-refractivity contribution in [2.45, 2.75) is 44.1 Å². The molecule has 3 aliphatic heterocycles. The minimum atomic E-state index is -0.631. The highest BCUT2D eigenvalue weighted by atomic mass is 35.5. The van der Waals surface area contributed by atoms with Gasteiger partial charge in [0.1, 0.15) is 23.5 Å². The molecule has 3 heterocycles. The minimum absolute atomic E-state index is 0.0134. The topological polar surface area (TPSA) is 24.5 Å². The Kier molecular flexibility index (Phi) is 5.12. The van der Waals surface area contributed by atoms with Crippen LogP contribution < -0.4 is 15.0 Å². The molecule has 2 fully saturated rings. The van der Waals surface area contributed by atoms with Crippen LogP contribution in [0.2, 0.25) is 5.02 Å². The third-order valence-electron chi connectivity index (χ3n) is 6.43. The molecule has 0 bridgehead atoms. The van der Waals surface area contributed by atoms with E-state index in [-0.39, 0.29) is 22.6 Å². The van der Waals surface area contributed by atoms with E-state index in [1.165, 1.54) is 25.0 Å². The second-order valence-corrected chi connectivity index (χ2v) is 8.75. The predicted molar refractivity (Wildman–Crippen MR) is 112 cm³/mol. The van der Waals surface area contributed by atoms with E-state index < -0.39 is 11.6 Å². The molecule has 0 spiro atoms. The van der Waals surface area contributed by atoms with Gasteiger partial charge in [0.05, 0.1) is 11.3 Å². The number of fused-ring (bicyclic) bond motifs is 3. The van der Waals surface area contributed by atoms with Gasteiger partial charge in [0, 0.05) is 36.1 Å². The maximum absolute atomic E-state index is 14.7. The Bertz CT molecular complexity index is 904. The molecular formula is C23H25ClF2N2O. The van der Waals surface area contributed by atoms with Crippen LogP contribution in [0.4, 0.5) is 14.5 Å². The van der Waals surface area contributed by atoms with Crippen molar-refractivity contribution in [2.24, 2.45) is 0 Å². The third-order valence-corrected chi connectivity index (χ3v) is 6.65. The zero-order valence-corrected chi connectivity index (χ0v) is 17.1. The first kappa shape index (κ1) is 19.1. The fourth-order valence-electron chi connectivity index (χ4n) is 4.99. The molecule has 154 valence electrons. The maximum atomic E-state index is 14.7. The van der Waals surface area contributed by atoms with Crippen LogP contribution in [-0.2, 0) is 0 Å². The third kappa shape index (κ3) is 3.49. The quantitative estimate of drug-likeness (QED) is 0.696. The molecule has 0 aromatic heterocycles. The number of anilines is 1. The average Bonchev–Trinajstić information content (AvgIpc) is 2.86. The molecule has 0 radical (unpaired) electrons. The van der Waals surface area contributed by atoms with Crippen molar-refractivity contribution >= 4 is 17.3 Å². The van der Waals surface area contributed by atoms with Crippen molar-refractivity contribution in [3.05, 3.63) is 46.5 Å². The summed E-state index contributed by atoms with van der Waals surface area (Å²) in [6, 6.07) is 6.19. The van der Waals surface area contributed by atoms with Gasteiger partial charge in [0.15, 0.2) is 0 Å². The summed E-state index contributed by atoms with van der Waals surface area (Å²) in [6.07, 6.45) is 5.75. The number of benzene rings is 2. The van der Waals surface area contributed by atoms with Crippen LogP contribution in [0.1, 0.15) is 43.6 Å². The van der Waals surface area contributed by atoms with E-state index in [0.29, 0.717) is 5.56 Å². The van der Waals surface area contributed by atoms with Crippen molar-refractivity contribution in [3.63, 3.8) is 0 Å². The molecule has 6 heteroatoms. The molecule has 2 saturated heterocycles. The number of nitrogens with one attached hydrogen (secondary N) is 1. The Balaban J connectivity index is 1.67. The van der Waals surface area contributed by atoms with Crippen molar-refractivity contribution in [1.82, 2.24) is 5.32 Å². The van der Waals surface area contributed by atoms with Gasteiger partial charge in [0.2, 0.25) is 0 Å². The van der Waals surface area contributed by atoms with E-state index in [4.69, 9.17) is 16.3 Å². The van der Waals surface area contributed by atoms with E-state index in [0.717, 1.165) is 62.4 Å². The molecule has 29 heavy (non-hydrogen) atoms. The summed E-state index contributed by atoms with van der Waals surface area (Å²) in [7, 11) is 0. The molecule has 0 aliphatic carbocycles. The predicted octanol–water partition coefficient (Wildman–Crippen LogP) is 5.50. The maximum Gasteiger partial charge on any atom is 0.146 e. The van der Waals surface area contributed by atoms with Crippen molar-refractivity contribution < 1.29 is 13.5 Å². The fourth-order valence-corrected chi connectivity index (χ4v) is 5.18. The van der Waals surface area contributed by atoms with E-state index in [2.05, 4.69) is 10.2 Å². The van der Waals surface area contributed by atoms with Crippen molar-refractivity contribution in [2.75, 3.05) is 31.1 Å². The van der Waals surface area contributed by atoms with Crippen LogP contribution in [0.25, 0.3) is 11.1 Å². The lowest BCUT2D eigenvalue weighted by Gasteiger charge is -2.26. The summed E-state index contributed by atoms with van der Waals surface area (Å²) in [5.41, 5.74) is 2.58. The first-order valence-electron chi connectivity index (χ1n) is 10.6. The van der Waals surface area contributed by atoms with Gasteiger partial charge in [-0.3, -0.25) is 0 Å². The Morgan fingerprint density at radius 1 is 1.00 bits per heavy atom. The Morgan fingerprint density at radius 3 is 2.45 bits per heavy atom. The van der Waals surface area contributed by atoms with Crippen LogP contribution in [0.5, 0.6) is 5.75 Å². The second-order valence-electron chi connectivity index (χ2n) is 8.32. The Morgan fingerprint density at radius 2 is 1.72 bits per heavy atom. The van der Waals surface area contributed by atoms with Crippen molar-refractivity contribution in [1.29, 1.82) is 0 Å². The molecule has 2 aromatic rings. The lowest BCUT2D eigenvalue weighted by molar-refractivity contribution is 0.172. The summed E-state index contributed by atoms with van der Waals surface area (Å²) < 4.78 is 35.9. The molecular weight excluding hydrogens is 394 g/mol. The summed E-state index contributed by atoms with van der Waals surface area (Å²) in [4.78, 5) is 2.34. The van der Waals surface area contributed by atoms with E-state index in [1.807, 2.05) is 12.1 Å². The van der Waals surface area contributed by atoms with Gasteiger partial charge in [-0.2, -0.15) is 0 Å². The highest BCUT2D eigenvalue weighted by molar-refractivity contribution is 6.30. The first-order valence-corrected chi connectivity index (χ1v) is 10.9. The molecule has 1 N–H and O–H groups in total. The highest BCUT2D eigenvalue weighted by Crippen LogP contribution is 2.49. The SMILES string of the molecule is Fc1cc(Cl)cc(F)c1-c1cc2c(c(N3CCCCCC3)c1)O[C@H]1CCNC[C@@H]21. The largest absolute Gasteiger partial charge is 0.487 e. The Labute approximate surface area is 175 Å². The van der Waals surface area contributed by atoms with Gasteiger partial charge in [0.25, 0.3) is 0 Å². The van der Waals surface area contributed by atoms with Crippen molar-refractivity contribution in [3.8, 4) is 16.9 Å². The zero-order chi connectivity index (χ0) is 20.0. The van der Waals surface area contributed by atoms with Gasteiger partial charge in [-0.05, 0) is 55.6 Å². The molecule has 5 rings (SSSR count). The van der Waals surface area contributed by atoms with Gasteiger partial charge in [-0.1, -0.05) is 24.4 Å². The zero-order valence-electron chi connectivity index (χ0n) is 16.3. The lowest BCUT2D eigenvalue weighted by atomic mass is 9.88. The van der Waals surface area contributed by atoms with E-state index >= 15 is 0 Å². The number of hydrogen-bond acceptors (Lipinski definition) is 3. The number of piperidine rings is 1. The average molecular weight is 419 g/mol. The standard InChI is InChI=1S/C23H25ClF2N2O/c24-15-11-18(25)22(19(26)12-15)14-9-16-17-13-27-6-5-21(17)29-23(16)20(10-14)28-7-3-1-2-4-8-28/h9-12,17,21,27H,1-8,13H2/t17-,21-/m0/s1. The molecule has 0 unspecified atom stereocenters. The highest BCUT2D eigenvalue weighted by Gasteiger charge is 2.39. The van der Waals surface area contributed by atoms with E-state index in [1.54, 1.807) is 0 Å². The molecule has 2 aromatic carbocycles. The van der Waals surface area contributed by atoms with Crippen LogP contribution in [0.3, 0.4) is 0 Å².